The van der Waals surface area contributed by atoms with Crippen molar-refractivity contribution in [1.82, 2.24) is 19.4 Å². The highest BCUT2D eigenvalue weighted by Gasteiger charge is 2.14. The first kappa shape index (κ1) is 18.7. The van der Waals surface area contributed by atoms with E-state index in [9.17, 15) is 14.0 Å². The van der Waals surface area contributed by atoms with E-state index in [1.54, 1.807) is 12.1 Å². The van der Waals surface area contributed by atoms with Gasteiger partial charge in [-0.05, 0) is 29.0 Å². The quantitative estimate of drug-likeness (QED) is 0.489. The minimum atomic E-state index is -0.558. The molecule has 31 heavy (non-hydrogen) atoms. The molecule has 0 saturated heterocycles. The van der Waals surface area contributed by atoms with Crippen LogP contribution in [0.25, 0.3) is 27.5 Å². The summed E-state index contributed by atoms with van der Waals surface area (Å²) < 4.78 is 16.2. The fourth-order valence-corrected chi connectivity index (χ4v) is 3.52. The van der Waals surface area contributed by atoms with Crippen LogP contribution in [0, 0.1) is 5.82 Å². The molecule has 0 radical (unpaired) electrons. The maximum absolute atomic E-state index is 13.7. The number of benzene rings is 3. The molecule has 2 heterocycles. The molecule has 0 spiro atoms. The van der Waals surface area contributed by atoms with Crippen LogP contribution in [0.4, 0.5) is 10.1 Å². The Balaban J connectivity index is 1.48. The Bertz CT molecular complexity index is 1500. The number of hydrogen-bond acceptors (Lipinski definition) is 4. The van der Waals surface area contributed by atoms with Gasteiger partial charge >= 0.3 is 0 Å². The zero-order chi connectivity index (χ0) is 21.4. The molecule has 0 aliphatic rings. The van der Waals surface area contributed by atoms with Gasteiger partial charge in [-0.3, -0.25) is 9.59 Å². The molecule has 0 unspecified atom stereocenters. The molecule has 152 valence electrons. The third-order valence-electron chi connectivity index (χ3n) is 5.00. The summed E-state index contributed by atoms with van der Waals surface area (Å²) >= 11 is 0. The molecule has 7 nitrogen and oxygen atoms in total. The number of fused-ring (bicyclic) bond motifs is 2. The molecule has 0 saturated carbocycles. The van der Waals surface area contributed by atoms with Crippen molar-refractivity contribution in [3.8, 4) is 11.3 Å². The lowest BCUT2D eigenvalue weighted by Gasteiger charge is -2.07. The van der Waals surface area contributed by atoms with Crippen LogP contribution in [0.1, 0.15) is 0 Å². The number of rotatable bonds is 4. The molecule has 5 rings (SSSR count). The average Bonchev–Trinajstić information content (AvgIpc) is 3.22. The summed E-state index contributed by atoms with van der Waals surface area (Å²) in [6.45, 7) is -0.349. The van der Waals surface area contributed by atoms with Gasteiger partial charge in [0.1, 0.15) is 24.2 Å². The van der Waals surface area contributed by atoms with Crippen LogP contribution in [0.15, 0.2) is 83.9 Å². The van der Waals surface area contributed by atoms with Gasteiger partial charge in [0.2, 0.25) is 5.91 Å². The molecule has 0 aliphatic heterocycles. The molecule has 1 amide bonds. The lowest BCUT2D eigenvalue weighted by Crippen LogP contribution is -2.30. The maximum Gasteiger partial charge on any atom is 0.293 e. The van der Waals surface area contributed by atoms with Gasteiger partial charge in [-0.15, -0.1) is 0 Å². The lowest BCUT2D eigenvalue weighted by molar-refractivity contribution is -0.117. The number of amides is 1. The monoisotopic (exact) mass is 413 g/mol. The normalized spacial score (nSPS) is 11.1. The van der Waals surface area contributed by atoms with E-state index in [2.05, 4.69) is 15.5 Å². The van der Waals surface area contributed by atoms with Gasteiger partial charge in [0, 0.05) is 5.56 Å². The number of carbonyl (C=O) groups excluding carboxylic acids is 1. The van der Waals surface area contributed by atoms with E-state index in [0.717, 1.165) is 21.0 Å². The zero-order valence-corrected chi connectivity index (χ0v) is 16.2. The Labute approximate surface area is 175 Å². The zero-order valence-electron chi connectivity index (χ0n) is 16.2. The summed E-state index contributed by atoms with van der Waals surface area (Å²) in [5.74, 6) is -1.11. The molecule has 2 aromatic heterocycles. The van der Waals surface area contributed by atoms with Crippen molar-refractivity contribution >= 4 is 27.9 Å². The summed E-state index contributed by atoms with van der Waals surface area (Å²) in [5, 5.41) is 13.0. The van der Waals surface area contributed by atoms with Crippen LogP contribution in [0.5, 0.6) is 0 Å². The Kier molecular flexibility index (Phi) is 4.51. The van der Waals surface area contributed by atoms with E-state index in [1.807, 2.05) is 42.5 Å². The molecule has 1 N–H and O–H groups in total. The summed E-state index contributed by atoms with van der Waals surface area (Å²) in [6, 6.07) is 21.3. The molecule has 0 bridgehead atoms. The van der Waals surface area contributed by atoms with E-state index >= 15 is 0 Å². The highest BCUT2D eigenvalue weighted by atomic mass is 19.1. The number of aromatic nitrogens is 4. The van der Waals surface area contributed by atoms with E-state index < -0.39 is 17.3 Å². The number of anilines is 1. The smallest absolute Gasteiger partial charge is 0.293 e. The number of nitrogens with zero attached hydrogens (tertiary/aromatic N) is 4. The number of para-hydroxylation sites is 1. The third-order valence-corrected chi connectivity index (χ3v) is 5.00. The van der Waals surface area contributed by atoms with Gasteiger partial charge < -0.3 is 5.32 Å². The van der Waals surface area contributed by atoms with Crippen LogP contribution in [-0.2, 0) is 11.3 Å². The van der Waals surface area contributed by atoms with Crippen LogP contribution >= 0.6 is 0 Å². The van der Waals surface area contributed by atoms with Crippen molar-refractivity contribution in [3.05, 3.63) is 95.3 Å². The maximum atomic E-state index is 13.7. The van der Waals surface area contributed by atoms with E-state index in [1.165, 1.54) is 29.0 Å². The van der Waals surface area contributed by atoms with Gasteiger partial charge in [-0.2, -0.15) is 10.2 Å². The predicted molar refractivity (Wildman–Crippen MR) is 115 cm³/mol. The lowest BCUT2D eigenvalue weighted by atomic mass is 10.0. The van der Waals surface area contributed by atoms with Crippen LogP contribution < -0.4 is 10.9 Å². The first-order valence-corrected chi connectivity index (χ1v) is 9.58. The Morgan fingerprint density at radius 3 is 2.65 bits per heavy atom. The Hall–Kier alpha value is -4.33. The fourth-order valence-electron chi connectivity index (χ4n) is 3.52. The van der Waals surface area contributed by atoms with E-state index in [-0.39, 0.29) is 17.7 Å². The van der Waals surface area contributed by atoms with Crippen molar-refractivity contribution in [1.29, 1.82) is 0 Å². The van der Waals surface area contributed by atoms with Gasteiger partial charge in [0.05, 0.1) is 11.4 Å². The Morgan fingerprint density at radius 2 is 1.77 bits per heavy atom. The van der Waals surface area contributed by atoms with E-state index in [4.69, 9.17) is 0 Å². The molecule has 0 fully saturated rings. The fraction of sp³-hybridized carbons (Fsp3) is 0.0435. The number of nitrogens with one attached hydrogen (secondary N) is 1. The van der Waals surface area contributed by atoms with Crippen LogP contribution in [0.3, 0.4) is 0 Å². The molecule has 3 aromatic carbocycles. The van der Waals surface area contributed by atoms with Gasteiger partial charge in [0.25, 0.3) is 5.56 Å². The first-order chi connectivity index (χ1) is 15.1. The summed E-state index contributed by atoms with van der Waals surface area (Å²) in [4.78, 5) is 25.2. The molecule has 0 aliphatic carbocycles. The molecular weight excluding hydrogens is 397 g/mol. The van der Waals surface area contributed by atoms with Crippen molar-refractivity contribution in [2.75, 3.05) is 5.32 Å². The van der Waals surface area contributed by atoms with Crippen molar-refractivity contribution in [2.45, 2.75) is 6.54 Å². The number of hydrogen-bond donors (Lipinski definition) is 1. The topological polar surface area (TPSA) is 81.3 Å². The summed E-state index contributed by atoms with van der Waals surface area (Å²) in [6.07, 6.45) is 1.38. The Morgan fingerprint density at radius 1 is 1.00 bits per heavy atom. The third kappa shape index (κ3) is 3.44. The molecule has 8 heteroatoms. The summed E-state index contributed by atoms with van der Waals surface area (Å²) in [7, 11) is 0. The standard InChI is InChI=1S/C23H16FN5O2/c24-18-10-3-4-11-19(18)26-22(30)13-28-23(31)21-12-20(27-29(21)14-25-28)17-9-5-7-15-6-1-2-8-16(15)17/h1-12,14H,13H2,(H,26,30). The largest absolute Gasteiger partial charge is 0.322 e. The van der Waals surface area contributed by atoms with Crippen molar-refractivity contribution < 1.29 is 9.18 Å². The van der Waals surface area contributed by atoms with Crippen LogP contribution in [0.2, 0.25) is 0 Å². The second kappa shape index (κ2) is 7.49. The summed E-state index contributed by atoms with van der Waals surface area (Å²) in [5.41, 5.74) is 1.39. The molecule has 0 atom stereocenters. The van der Waals surface area contributed by atoms with Crippen LogP contribution in [-0.4, -0.2) is 25.3 Å². The molecule has 5 aromatic rings. The average molecular weight is 413 g/mol. The SMILES string of the molecule is O=C(Cn1ncn2nc(-c3cccc4ccccc34)cc2c1=O)Nc1ccccc1F. The first-order valence-electron chi connectivity index (χ1n) is 9.58. The number of halogens is 1. The number of carbonyl (C=O) groups is 1. The molecular formula is C23H16FN5O2. The van der Waals surface area contributed by atoms with Gasteiger partial charge in [0.15, 0.2) is 0 Å². The minimum Gasteiger partial charge on any atom is -0.322 e. The second-order valence-electron chi connectivity index (χ2n) is 7.01. The van der Waals surface area contributed by atoms with Gasteiger partial charge in [-0.25, -0.2) is 13.6 Å². The highest BCUT2D eigenvalue weighted by Crippen LogP contribution is 2.27. The van der Waals surface area contributed by atoms with Crippen molar-refractivity contribution in [2.24, 2.45) is 0 Å². The predicted octanol–water partition coefficient (Wildman–Crippen LogP) is 3.49. The highest BCUT2D eigenvalue weighted by molar-refractivity contribution is 5.96. The second-order valence-corrected chi connectivity index (χ2v) is 7.01. The van der Waals surface area contributed by atoms with Gasteiger partial charge in [-0.1, -0.05) is 54.6 Å². The minimum absolute atomic E-state index is 0.0456. The van der Waals surface area contributed by atoms with E-state index in [0.29, 0.717) is 5.69 Å². The van der Waals surface area contributed by atoms with Crippen molar-refractivity contribution in [3.63, 3.8) is 0 Å².